The van der Waals surface area contributed by atoms with Crippen LogP contribution in [0.5, 0.6) is 5.75 Å². The van der Waals surface area contributed by atoms with Crippen LogP contribution in [0.1, 0.15) is 23.2 Å². The molecule has 0 unspecified atom stereocenters. The summed E-state index contributed by atoms with van der Waals surface area (Å²) in [7, 11) is 0. The van der Waals surface area contributed by atoms with Crippen LogP contribution in [0.15, 0.2) is 49.1 Å². The number of aliphatic hydroxyl groups excluding tert-OH is 1. The summed E-state index contributed by atoms with van der Waals surface area (Å²) >= 11 is 6.15. The number of halogens is 3. The van der Waals surface area contributed by atoms with Crippen LogP contribution in [0, 0.1) is 0 Å². The number of hydrogen-bond donors (Lipinski definition) is 2. The summed E-state index contributed by atoms with van der Waals surface area (Å²) in [5.74, 6) is -1.03. The van der Waals surface area contributed by atoms with E-state index in [2.05, 4.69) is 25.2 Å². The number of carbonyl (C=O) groups is 2. The van der Waals surface area contributed by atoms with E-state index in [9.17, 15) is 23.5 Å². The first-order valence-electron chi connectivity index (χ1n) is 11.7. The molecule has 3 aromatic heterocycles. The normalized spacial score (nSPS) is 14.3. The Labute approximate surface area is 219 Å². The number of amides is 2. The molecule has 4 heterocycles. The third-order valence-electron chi connectivity index (χ3n) is 6.06. The van der Waals surface area contributed by atoms with Gasteiger partial charge in [0.1, 0.15) is 23.6 Å². The number of aliphatic hydroxyl groups is 1. The molecule has 0 saturated carbocycles. The molecule has 38 heavy (non-hydrogen) atoms. The van der Waals surface area contributed by atoms with Crippen molar-refractivity contribution >= 4 is 34.7 Å². The second-order valence-electron chi connectivity index (χ2n) is 8.62. The van der Waals surface area contributed by atoms with Gasteiger partial charge in [0, 0.05) is 42.3 Å². The highest BCUT2D eigenvalue weighted by molar-refractivity contribution is 6.31. The quantitative estimate of drug-likeness (QED) is 0.365. The average molecular weight is 546 g/mol. The zero-order valence-electron chi connectivity index (χ0n) is 19.8. The number of piperidine rings is 1. The maximum atomic E-state index is 13.2. The van der Waals surface area contributed by atoms with Gasteiger partial charge in [-0.15, -0.1) is 0 Å². The molecule has 0 radical (unpaired) electrons. The van der Waals surface area contributed by atoms with Crippen molar-refractivity contribution in [2.45, 2.75) is 32.1 Å². The molecule has 1 aliphatic heterocycles. The van der Waals surface area contributed by atoms with Gasteiger partial charge in [0.2, 0.25) is 5.91 Å². The van der Waals surface area contributed by atoms with Crippen molar-refractivity contribution < 1.29 is 28.2 Å². The third-order valence-corrected chi connectivity index (χ3v) is 6.30. The molecule has 2 amide bonds. The van der Waals surface area contributed by atoms with E-state index in [0.29, 0.717) is 31.6 Å². The van der Waals surface area contributed by atoms with Gasteiger partial charge >= 0.3 is 6.61 Å². The number of likely N-dealkylation sites (tertiary alicyclic amines) is 1. The lowest BCUT2D eigenvalue weighted by molar-refractivity contribution is -0.134. The summed E-state index contributed by atoms with van der Waals surface area (Å²) in [5, 5.41) is 21.2. The molecule has 1 saturated heterocycles. The van der Waals surface area contributed by atoms with Crippen LogP contribution in [0.3, 0.4) is 0 Å². The fraction of sp³-hybridized carbons (Fsp3) is 0.292. The second-order valence-corrected chi connectivity index (χ2v) is 9.06. The summed E-state index contributed by atoms with van der Waals surface area (Å²) in [4.78, 5) is 31.9. The van der Waals surface area contributed by atoms with Crippen LogP contribution in [-0.4, -0.2) is 72.0 Å². The molecule has 0 bridgehead atoms. The molecule has 4 aromatic rings. The van der Waals surface area contributed by atoms with E-state index < -0.39 is 18.6 Å². The van der Waals surface area contributed by atoms with Gasteiger partial charge in [-0.05, 0) is 37.1 Å². The van der Waals surface area contributed by atoms with Crippen LogP contribution in [0.2, 0.25) is 5.02 Å². The molecule has 5 rings (SSSR count). The molecular weight excluding hydrogens is 524 g/mol. The second kappa shape index (κ2) is 10.7. The van der Waals surface area contributed by atoms with Gasteiger partial charge in [-0.1, -0.05) is 11.6 Å². The van der Waals surface area contributed by atoms with Crippen molar-refractivity contribution in [2.75, 3.05) is 18.4 Å². The fourth-order valence-corrected chi connectivity index (χ4v) is 4.38. The van der Waals surface area contributed by atoms with E-state index >= 15 is 0 Å². The highest BCUT2D eigenvalue weighted by Crippen LogP contribution is 2.37. The van der Waals surface area contributed by atoms with Gasteiger partial charge < -0.3 is 20.1 Å². The first-order valence-corrected chi connectivity index (χ1v) is 12.0. The van der Waals surface area contributed by atoms with Gasteiger partial charge in [0.25, 0.3) is 5.91 Å². The average Bonchev–Trinajstić information content (AvgIpc) is 3.49. The Balaban J connectivity index is 1.50. The number of hydrogen-bond acceptors (Lipinski definition) is 7. The van der Waals surface area contributed by atoms with Crippen LogP contribution < -0.4 is 10.1 Å². The minimum absolute atomic E-state index is 0.0720. The van der Waals surface area contributed by atoms with Crippen molar-refractivity contribution in [1.82, 2.24) is 29.3 Å². The SMILES string of the molecule is O=C(Nc1cn(CC(=O)N2CCC(O)CC2)nc1-c1cc(Cl)ccc1OC(F)F)c1cnn2cccnc12. The van der Waals surface area contributed by atoms with E-state index in [-0.39, 0.29) is 45.7 Å². The minimum Gasteiger partial charge on any atom is -0.434 e. The van der Waals surface area contributed by atoms with Crippen LogP contribution in [-0.2, 0) is 11.3 Å². The fourth-order valence-electron chi connectivity index (χ4n) is 4.21. The zero-order valence-corrected chi connectivity index (χ0v) is 20.6. The number of fused-ring (bicyclic) bond motifs is 1. The number of aromatic nitrogens is 5. The maximum absolute atomic E-state index is 13.2. The van der Waals surface area contributed by atoms with E-state index in [4.69, 9.17) is 11.6 Å². The molecule has 0 aliphatic carbocycles. The lowest BCUT2D eigenvalue weighted by Crippen LogP contribution is -2.41. The predicted molar refractivity (Wildman–Crippen MR) is 132 cm³/mol. The summed E-state index contributed by atoms with van der Waals surface area (Å²) in [6.07, 6.45) is 6.43. The van der Waals surface area contributed by atoms with Crippen molar-refractivity contribution in [3.05, 3.63) is 59.6 Å². The molecule has 0 atom stereocenters. The molecule has 0 spiro atoms. The first kappa shape index (κ1) is 25.5. The van der Waals surface area contributed by atoms with Gasteiger partial charge in [-0.3, -0.25) is 14.3 Å². The minimum atomic E-state index is -3.11. The van der Waals surface area contributed by atoms with Crippen LogP contribution in [0.25, 0.3) is 16.9 Å². The Kier molecular flexibility index (Phi) is 7.20. The standard InChI is InChI=1S/C24H22ClF2N7O4/c25-14-2-3-19(38-24(26)27)16(10-14)21-18(30-23(37)17-11-29-34-7-1-6-28-22(17)34)12-33(31-21)13-20(36)32-8-4-15(35)5-9-32/h1-3,6-7,10-12,15,24,35H,4-5,8-9,13H2,(H,30,37). The zero-order chi connectivity index (χ0) is 26.8. The van der Waals surface area contributed by atoms with Gasteiger partial charge in [0.05, 0.1) is 18.0 Å². The Bertz CT molecular complexity index is 1480. The van der Waals surface area contributed by atoms with E-state index in [1.165, 1.54) is 46.0 Å². The van der Waals surface area contributed by atoms with E-state index in [1.807, 2.05) is 0 Å². The van der Waals surface area contributed by atoms with E-state index in [0.717, 1.165) is 0 Å². The molecular formula is C24H22ClF2N7O4. The highest BCUT2D eigenvalue weighted by Gasteiger charge is 2.25. The number of rotatable bonds is 7. The summed E-state index contributed by atoms with van der Waals surface area (Å²) in [6.45, 7) is -2.49. The van der Waals surface area contributed by atoms with Gasteiger partial charge in [-0.25, -0.2) is 9.50 Å². The van der Waals surface area contributed by atoms with Crippen molar-refractivity contribution in [3.8, 4) is 17.0 Å². The Morgan fingerprint density at radius 1 is 1.26 bits per heavy atom. The van der Waals surface area contributed by atoms with Gasteiger partial charge in [0.15, 0.2) is 5.65 Å². The van der Waals surface area contributed by atoms with Crippen molar-refractivity contribution in [2.24, 2.45) is 0 Å². The van der Waals surface area contributed by atoms with Crippen LogP contribution >= 0.6 is 11.6 Å². The summed E-state index contributed by atoms with van der Waals surface area (Å²) in [6, 6.07) is 5.70. The predicted octanol–water partition coefficient (Wildman–Crippen LogP) is 3.08. The number of ether oxygens (including phenoxy) is 1. The maximum Gasteiger partial charge on any atom is 0.387 e. The Morgan fingerprint density at radius 3 is 2.82 bits per heavy atom. The number of anilines is 1. The Morgan fingerprint density at radius 2 is 2.05 bits per heavy atom. The molecule has 1 fully saturated rings. The molecule has 198 valence electrons. The van der Waals surface area contributed by atoms with E-state index in [1.54, 1.807) is 17.2 Å². The number of carbonyl (C=O) groups excluding carboxylic acids is 2. The number of nitrogens with zero attached hydrogens (tertiary/aromatic N) is 6. The highest BCUT2D eigenvalue weighted by atomic mass is 35.5. The molecule has 14 heteroatoms. The smallest absolute Gasteiger partial charge is 0.387 e. The first-order chi connectivity index (χ1) is 18.3. The lowest BCUT2D eigenvalue weighted by atomic mass is 10.1. The Hall–Kier alpha value is -4.10. The number of alkyl halides is 2. The molecule has 1 aliphatic rings. The third kappa shape index (κ3) is 5.43. The number of benzene rings is 1. The van der Waals surface area contributed by atoms with Crippen molar-refractivity contribution in [1.29, 1.82) is 0 Å². The molecule has 1 aromatic carbocycles. The van der Waals surface area contributed by atoms with Gasteiger partial charge in [-0.2, -0.15) is 19.0 Å². The largest absolute Gasteiger partial charge is 0.434 e. The molecule has 11 nitrogen and oxygen atoms in total. The number of nitrogens with one attached hydrogen (secondary N) is 1. The van der Waals surface area contributed by atoms with Crippen LogP contribution in [0.4, 0.5) is 14.5 Å². The van der Waals surface area contributed by atoms with Crippen molar-refractivity contribution in [3.63, 3.8) is 0 Å². The summed E-state index contributed by atoms with van der Waals surface area (Å²) in [5.41, 5.74) is 0.781. The molecule has 2 N–H and O–H groups in total. The topological polar surface area (TPSA) is 127 Å². The summed E-state index contributed by atoms with van der Waals surface area (Å²) < 4.78 is 33.7. The lowest BCUT2D eigenvalue weighted by Gasteiger charge is -2.29. The monoisotopic (exact) mass is 545 g/mol.